The van der Waals surface area contributed by atoms with Crippen molar-refractivity contribution in [3.8, 4) is 11.8 Å². The Bertz CT molecular complexity index is 1110. The van der Waals surface area contributed by atoms with Gasteiger partial charge >= 0.3 is 6.03 Å². The van der Waals surface area contributed by atoms with Crippen molar-refractivity contribution in [1.29, 1.82) is 5.26 Å². The standard InChI is InChI=1S/C23H23ClN6O2/c1-3-30(19-6-4-5-16(2)11-19)9-10-32-21-8-7-17(24)12-20(21)28-23(31)29-22-15-26-18(13-25)14-27-22/h4-8,11-12,14-15H,3,9-10H2,1-2H3,(H2,27,28,29,31). The number of amides is 2. The average Bonchev–Trinajstić information content (AvgIpc) is 2.78. The summed E-state index contributed by atoms with van der Waals surface area (Å²) in [5, 5.41) is 14.5. The first kappa shape index (κ1) is 22.8. The van der Waals surface area contributed by atoms with Gasteiger partial charge in [0.25, 0.3) is 0 Å². The Kier molecular flexibility index (Phi) is 7.84. The van der Waals surface area contributed by atoms with Crippen LogP contribution in [0.3, 0.4) is 0 Å². The molecule has 0 saturated carbocycles. The summed E-state index contributed by atoms with van der Waals surface area (Å²) < 4.78 is 5.95. The number of nitriles is 1. The molecule has 0 radical (unpaired) electrons. The molecule has 0 aliphatic carbocycles. The molecule has 0 aliphatic heterocycles. The molecule has 0 unspecified atom stereocenters. The van der Waals surface area contributed by atoms with Crippen molar-refractivity contribution in [1.82, 2.24) is 9.97 Å². The van der Waals surface area contributed by atoms with Gasteiger partial charge in [-0.15, -0.1) is 0 Å². The normalized spacial score (nSPS) is 10.2. The summed E-state index contributed by atoms with van der Waals surface area (Å²) in [6, 6.07) is 14.7. The van der Waals surface area contributed by atoms with Crippen molar-refractivity contribution in [2.75, 3.05) is 35.2 Å². The predicted octanol–water partition coefficient (Wildman–Crippen LogP) is 4.86. The first-order valence-corrected chi connectivity index (χ1v) is 10.4. The highest BCUT2D eigenvalue weighted by atomic mass is 35.5. The lowest BCUT2D eigenvalue weighted by Crippen LogP contribution is -2.28. The molecule has 8 nitrogen and oxygen atoms in total. The molecule has 2 N–H and O–H groups in total. The Labute approximate surface area is 191 Å². The summed E-state index contributed by atoms with van der Waals surface area (Å²) in [5.74, 6) is 0.707. The number of aryl methyl sites for hydroxylation is 1. The number of anilines is 3. The molecule has 0 spiro atoms. The van der Waals surface area contributed by atoms with Crippen LogP contribution in [0.1, 0.15) is 18.2 Å². The van der Waals surface area contributed by atoms with Crippen LogP contribution in [0.2, 0.25) is 5.02 Å². The predicted molar refractivity (Wildman–Crippen MR) is 125 cm³/mol. The van der Waals surface area contributed by atoms with E-state index in [0.29, 0.717) is 29.6 Å². The summed E-state index contributed by atoms with van der Waals surface area (Å²) in [5.41, 5.74) is 2.92. The Morgan fingerprint density at radius 2 is 2.03 bits per heavy atom. The highest BCUT2D eigenvalue weighted by Crippen LogP contribution is 2.28. The van der Waals surface area contributed by atoms with Gasteiger partial charge in [-0.2, -0.15) is 5.26 Å². The van der Waals surface area contributed by atoms with E-state index >= 15 is 0 Å². The number of urea groups is 1. The zero-order valence-electron chi connectivity index (χ0n) is 17.8. The Morgan fingerprint density at radius 1 is 1.19 bits per heavy atom. The Morgan fingerprint density at radius 3 is 2.72 bits per heavy atom. The molecule has 3 rings (SSSR count). The minimum absolute atomic E-state index is 0.160. The molecule has 3 aromatic rings. The van der Waals surface area contributed by atoms with E-state index in [9.17, 15) is 4.79 Å². The van der Waals surface area contributed by atoms with Gasteiger partial charge in [-0.25, -0.2) is 14.8 Å². The van der Waals surface area contributed by atoms with Crippen LogP contribution in [0, 0.1) is 18.3 Å². The van der Waals surface area contributed by atoms with E-state index in [1.165, 1.54) is 18.0 Å². The number of likely N-dealkylation sites (N-methyl/N-ethyl adjacent to an activating group) is 1. The molecule has 1 heterocycles. The van der Waals surface area contributed by atoms with Gasteiger partial charge in [-0.3, -0.25) is 5.32 Å². The summed E-state index contributed by atoms with van der Waals surface area (Å²) in [7, 11) is 0. The zero-order chi connectivity index (χ0) is 22.9. The number of benzene rings is 2. The molecule has 0 saturated heterocycles. The van der Waals surface area contributed by atoms with Gasteiger partial charge in [0.2, 0.25) is 0 Å². The van der Waals surface area contributed by atoms with Gasteiger partial charge < -0.3 is 15.0 Å². The van der Waals surface area contributed by atoms with Crippen molar-refractivity contribution in [2.45, 2.75) is 13.8 Å². The number of carbonyl (C=O) groups is 1. The average molecular weight is 451 g/mol. The van der Waals surface area contributed by atoms with E-state index in [0.717, 1.165) is 12.2 Å². The van der Waals surface area contributed by atoms with Crippen molar-refractivity contribution >= 4 is 34.8 Å². The Balaban J connectivity index is 1.62. The molecule has 164 valence electrons. The van der Waals surface area contributed by atoms with Crippen LogP contribution >= 0.6 is 11.6 Å². The second-order valence-corrected chi connectivity index (χ2v) is 7.32. The number of nitrogens with zero attached hydrogens (tertiary/aromatic N) is 4. The monoisotopic (exact) mass is 450 g/mol. The third-order valence-corrected chi connectivity index (χ3v) is 4.80. The summed E-state index contributed by atoms with van der Waals surface area (Å²) in [6.45, 7) is 6.09. The largest absolute Gasteiger partial charge is 0.490 e. The van der Waals surface area contributed by atoms with Gasteiger partial charge in [0, 0.05) is 17.3 Å². The maximum absolute atomic E-state index is 12.4. The molecule has 0 aliphatic rings. The van der Waals surface area contributed by atoms with E-state index in [-0.39, 0.29) is 11.5 Å². The van der Waals surface area contributed by atoms with Gasteiger partial charge in [0.1, 0.15) is 18.4 Å². The highest BCUT2D eigenvalue weighted by molar-refractivity contribution is 6.31. The van der Waals surface area contributed by atoms with Gasteiger partial charge in [-0.05, 0) is 49.7 Å². The summed E-state index contributed by atoms with van der Waals surface area (Å²) >= 11 is 6.11. The topological polar surface area (TPSA) is 103 Å². The maximum atomic E-state index is 12.4. The zero-order valence-corrected chi connectivity index (χ0v) is 18.6. The number of nitrogens with one attached hydrogen (secondary N) is 2. The van der Waals surface area contributed by atoms with Crippen LogP contribution in [-0.2, 0) is 0 Å². The minimum Gasteiger partial charge on any atom is -0.490 e. The molecule has 0 fully saturated rings. The maximum Gasteiger partial charge on any atom is 0.325 e. The molecule has 1 aromatic heterocycles. The molecule has 32 heavy (non-hydrogen) atoms. The number of halogens is 1. The first-order chi connectivity index (χ1) is 15.5. The number of hydrogen-bond donors (Lipinski definition) is 2. The quantitative estimate of drug-likeness (QED) is 0.508. The third-order valence-electron chi connectivity index (χ3n) is 4.57. The SMILES string of the molecule is CCN(CCOc1ccc(Cl)cc1NC(=O)Nc1cnc(C#N)cn1)c1cccc(C)c1. The molecule has 0 atom stereocenters. The van der Waals surface area contributed by atoms with Crippen molar-refractivity contribution in [3.05, 3.63) is 71.1 Å². The van der Waals surface area contributed by atoms with Crippen LogP contribution in [0.4, 0.5) is 22.0 Å². The first-order valence-electron chi connectivity index (χ1n) is 10.0. The van der Waals surface area contributed by atoms with E-state index in [1.54, 1.807) is 18.2 Å². The second-order valence-electron chi connectivity index (χ2n) is 6.89. The number of rotatable bonds is 8. The Hall–Kier alpha value is -3.83. The van der Waals surface area contributed by atoms with Crippen LogP contribution in [0.15, 0.2) is 54.9 Å². The van der Waals surface area contributed by atoms with Crippen molar-refractivity contribution < 1.29 is 9.53 Å². The van der Waals surface area contributed by atoms with Crippen LogP contribution < -0.4 is 20.3 Å². The van der Waals surface area contributed by atoms with Gasteiger partial charge in [-0.1, -0.05) is 23.7 Å². The van der Waals surface area contributed by atoms with Gasteiger partial charge in [0.05, 0.1) is 24.6 Å². The molecule has 2 aromatic carbocycles. The van der Waals surface area contributed by atoms with E-state index in [4.69, 9.17) is 21.6 Å². The van der Waals surface area contributed by atoms with Crippen molar-refractivity contribution in [3.63, 3.8) is 0 Å². The van der Waals surface area contributed by atoms with E-state index in [2.05, 4.69) is 57.5 Å². The number of carbonyl (C=O) groups excluding carboxylic acids is 1. The molecular weight excluding hydrogens is 428 g/mol. The van der Waals surface area contributed by atoms with Gasteiger partial charge in [0.15, 0.2) is 11.5 Å². The number of ether oxygens (including phenoxy) is 1. The summed E-state index contributed by atoms with van der Waals surface area (Å²) in [4.78, 5) is 22.4. The molecule has 2 amide bonds. The fourth-order valence-electron chi connectivity index (χ4n) is 3.01. The van der Waals surface area contributed by atoms with Crippen LogP contribution in [-0.4, -0.2) is 35.7 Å². The lowest BCUT2D eigenvalue weighted by Gasteiger charge is -2.24. The number of aromatic nitrogens is 2. The fraction of sp³-hybridized carbons (Fsp3) is 0.217. The van der Waals surface area contributed by atoms with E-state index < -0.39 is 6.03 Å². The molecule has 9 heteroatoms. The highest BCUT2D eigenvalue weighted by Gasteiger charge is 2.11. The second kappa shape index (κ2) is 11.0. The van der Waals surface area contributed by atoms with Crippen molar-refractivity contribution in [2.24, 2.45) is 0 Å². The molecule has 0 bridgehead atoms. The smallest absolute Gasteiger partial charge is 0.325 e. The lowest BCUT2D eigenvalue weighted by molar-refractivity contribution is 0.261. The third kappa shape index (κ3) is 6.33. The molecular formula is C23H23ClN6O2. The lowest BCUT2D eigenvalue weighted by atomic mass is 10.2. The van der Waals surface area contributed by atoms with Crippen LogP contribution in [0.5, 0.6) is 5.75 Å². The van der Waals surface area contributed by atoms with E-state index in [1.807, 2.05) is 12.1 Å². The minimum atomic E-state index is -0.536. The fourth-order valence-corrected chi connectivity index (χ4v) is 3.18. The summed E-state index contributed by atoms with van der Waals surface area (Å²) in [6.07, 6.45) is 2.58. The van der Waals surface area contributed by atoms with Crippen LogP contribution in [0.25, 0.3) is 0 Å². The number of hydrogen-bond acceptors (Lipinski definition) is 6.